The van der Waals surface area contributed by atoms with Crippen molar-refractivity contribution in [3.63, 3.8) is 0 Å². The van der Waals surface area contributed by atoms with Crippen LogP contribution < -0.4 is 10.8 Å². The van der Waals surface area contributed by atoms with Crippen molar-refractivity contribution in [2.45, 2.75) is 12.4 Å². The molecule has 0 bridgehead atoms. The SMILES string of the molecule is FC(F)(F)c1cccc(N=c2c(Nc3cccc(C(F)(F)F)c3)ncc3ccccn23)c1. The second kappa shape index (κ2) is 8.03. The Balaban J connectivity index is 1.87. The van der Waals surface area contributed by atoms with Crippen LogP contribution in [0.25, 0.3) is 5.52 Å². The maximum Gasteiger partial charge on any atom is 0.416 e. The van der Waals surface area contributed by atoms with Crippen molar-refractivity contribution in [3.8, 4) is 0 Å². The van der Waals surface area contributed by atoms with E-state index in [1.54, 1.807) is 28.8 Å². The van der Waals surface area contributed by atoms with Crippen LogP contribution in [0.3, 0.4) is 0 Å². The van der Waals surface area contributed by atoms with Crippen LogP contribution in [0, 0.1) is 0 Å². The Morgan fingerprint density at radius 3 is 2.19 bits per heavy atom. The second-order valence-corrected chi connectivity index (χ2v) is 6.79. The van der Waals surface area contributed by atoms with E-state index < -0.39 is 23.5 Å². The molecule has 0 spiro atoms. The van der Waals surface area contributed by atoms with Crippen LogP contribution in [0.2, 0.25) is 0 Å². The summed E-state index contributed by atoms with van der Waals surface area (Å²) in [5.41, 5.74) is -0.898. The molecule has 0 saturated carbocycles. The number of alkyl halides is 6. The summed E-state index contributed by atoms with van der Waals surface area (Å²) in [6, 6.07) is 14.1. The first-order chi connectivity index (χ1) is 15.1. The third kappa shape index (κ3) is 4.58. The molecule has 0 aliphatic heterocycles. The average molecular weight is 448 g/mol. The number of benzene rings is 2. The van der Waals surface area contributed by atoms with Gasteiger partial charge in [-0.3, -0.25) is 4.40 Å². The summed E-state index contributed by atoms with van der Waals surface area (Å²) >= 11 is 0. The Labute approximate surface area is 177 Å². The maximum atomic E-state index is 13.1. The highest BCUT2D eigenvalue weighted by atomic mass is 19.4. The smallest absolute Gasteiger partial charge is 0.337 e. The minimum absolute atomic E-state index is 0.0116. The molecule has 0 atom stereocenters. The molecule has 0 aliphatic rings. The van der Waals surface area contributed by atoms with Crippen LogP contribution in [0.5, 0.6) is 0 Å². The van der Waals surface area contributed by atoms with Gasteiger partial charge in [-0.15, -0.1) is 0 Å². The maximum absolute atomic E-state index is 13.1. The standard InChI is InChI=1S/C22H14F6N4/c23-21(24,25)14-5-3-7-16(11-14)30-19-20(32-10-2-1-9-18(32)13-29-19)31-17-8-4-6-15(12-17)22(26,27)28/h1-13H,(H,29,30). The van der Waals surface area contributed by atoms with Crippen molar-refractivity contribution in [2.24, 2.45) is 4.99 Å². The molecule has 4 aromatic rings. The summed E-state index contributed by atoms with van der Waals surface area (Å²) in [6.45, 7) is 0. The van der Waals surface area contributed by atoms with Gasteiger partial charge in [0.2, 0.25) is 0 Å². The molecule has 0 radical (unpaired) electrons. The van der Waals surface area contributed by atoms with Gasteiger partial charge in [-0.25, -0.2) is 9.98 Å². The third-order valence-electron chi connectivity index (χ3n) is 4.52. The first-order valence-electron chi connectivity index (χ1n) is 9.24. The van der Waals surface area contributed by atoms with Crippen LogP contribution in [-0.2, 0) is 12.4 Å². The molecular formula is C22H14F6N4. The molecule has 2 aromatic heterocycles. The minimum Gasteiger partial charge on any atom is -0.337 e. The molecule has 4 nitrogen and oxygen atoms in total. The molecule has 0 saturated heterocycles. The summed E-state index contributed by atoms with van der Waals surface area (Å²) in [5.74, 6) is 0.0745. The number of rotatable bonds is 3. The normalized spacial score (nSPS) is 12.9. The number of hydrogen-bond acceptors (Lipinski definition) is 3. The monoisotopic (exact) mass is 448 g/mol. The Kier molecular flexibility index (Phi) is 5.37. The van der Waals surface area contributed by atoms with E-state index in [9.17, 15) is 26.3 Å². The Bertz CT molecular complexity index is 1340. The van der Waals surface area contributed by atoms with Gasteiger partial charge in [-0.1, -0.05) is 18.2 Å². The van der Waals surface area contributed by atoms with Crippen LogP contribution in [0.4, 0.5) is 43.5 Å². The molecule has 1 N–H and O–H groups in total. The first kappa shape index (κ1) is 21.4. The second-order valence-electron chi connectivity index (χ2n) is 6.79. The molecule has 164 valence electrons. The lowest BCUT2D eigenvalue weighted by atomic mass is 10.2. The van der Waals surface area contributed by atoms with Gasteiger partial charge < -0.3 is 5.32 Å². The molecule has 0 fully saturated rings. The fraction of sp³-hybridized carbons (Fsp3) is 0.0909. The van der Waals surface area contributed by atoms with Crippen LogP contribution in [-0.4, -0.2) is 9.38 Å². The van der Waals surface area contributed by atoms with Gasteiger partial charge >= 0.3 is 12.4 Å². The molecule has 32 heavy (non-hydrogen) atoms. The first-order valence-corrected chi connectivity index (χ1v) is 9.24. The van der Waals surface area contributed by atoms with Gasteiger partial charge in [-0.05, 0) is 48.5 Å². The van der Waals surface area contributed by atoms with E-state index in [0.29, 0.717) is 5.52 Å². The van der Waals surface area contributed by atoms with Crippen LogP contribution in [0.1, 0.15) is 11.1 Å². The average Bonchev–Trinajstić information content (AvgIpc) is 2.75. The number of anilines is 2. The predicted molar refractivity (Wildman–Crippen MR) is 107 cm³/mol. The third-order valence-corrected chi connectivity index (χ3v) is 4.52. The number of halogens is 6. The largest absolute Gasteiger partial charge is 0.416 e. The Morgan fingerprint density at radius 1 is 0.781 bits per heavy atom. The van der Waals surface area contributed by atoms with Gasteiger partial charge in [0.05, 0.1) is 28.5 Å². The van der Waals surface area contributed by atoms with Crippen molar-refractivity contribution in [3.05, 3.63) is 95.7 Å². The highest BCUT2D eigenvalue weighted by Crippen LogP contribution is 2.32. The number of pyridine rings is 1. The molecule has 10 heteroatoms. The van der Waals surface area contributed by atoms with Crippen molar-refractivity contribution in [1.82, 2.24) is 9.38 Å². The zero-order valence-corrected chi connectivity index (χ0v) is 16.1. The molecule has 2 aromatic carbocycles. The number of aromatic nitrogens is 2. The van der Waals surface area contributed by atoms with Gasteiger partial charge in [0.1, 0.15) is 0 Å². The molecular weight excluding hydrogens is 434 g/mol. The van der Waals surface area contributed by atoms with E-state index in [2.05, 4.69) is 15.3 Å². The lowest BCUT2D eigenvalue weighted by molar-refractivity contribution is -0.138. The lowest BCUT2D eigenvalue weighted by Crippen LogP contribution is -2.20. The van der Waals surface area contributed by atoms with E-state index >= 15 is 0 Å². The highest BCUT2D eigenvalue weighted by molar-refractivity contribution is 5.59. The number of nitrogens with zero attached hydrogens (tertiary/aromatic N) is 3. The van der Waals surface area contributed by atoms with Crippen LogP contribution >= 0.6 is 0 Å². The Morgan fingerprint density at radius 2 is 1.47 bits per heavy atom. The van der Waals surface area contributed by atoms with Gasteiger partial charge in [0.25, 0.3) is 0 Å². The van der Waals surface area contributed by atoms with Crippen molar-refractivity contribution >= 4 is 22.7 Å². The van der Waals surface area contributed by atoms with Crippen molar-refractivity contribution in [2.75, 3.05) is 5.32 Å². The quantitative estimate of drug-likeness (QED) is 0.371. The number of fused-ring (bicyclic) bond motifs is 1. The van der Waals surface area contributed by atoms with E-state index in [4.69, 9.17) is 0 Å². The van der Waals surface area contributed by atoms with Crippen LogP contribution in [0.15, 0.2) is 84.1 Å². The summed E-state index contributed by atoms with van der Waals surface area (Å²) in [7, 11) is 0. The number of hydrogen-bond donors (Lipinski definition) is 1. The fourth-order valence-electron chi connectivity index (χ4n) is 3.04. The molecule has 0 aliphatic carbocycles. The summed E-state index contributed by atoms with van der Waals surface area (Å²) in [5, 5.41) is 2.79. The van der Waals surface area contributed by atoms with Crippen molar-refractivity contribution < 1.29 is 26.3 Å². The summed E-state index contributed by atoms with van der Waals surface area (Å²) < 4.78 is 80.0. The Hall–Kier alpha value is -3.82. The van der Waals surface area contributed by atoms with Gasteiger partial charge in [0.15, 0.2) is 11.3 Å². The van der Waals surface area contributed by atoms with E-state index in [1.807, 2.05) is 0 Å². The molecule has 2 heterocycles. The van der Waals surface area contributed by atoms with E-state index in [0.717, 1.165) is 24.3 Å². The van der Waals surface area contributed by atoms with Gasteiger partial charge in [-0.2, -0.15) is 26.3 Å². The van der Waals surface area contributed by atoms with Gasteiger partial charge in [0, 0.05) is 11.9 Å². The zero-order valence-electron chi connectivity index (χ0n) is 16.1. The van der Waals surface area contributed by atoms with Crippen molar-refractivity contribution in [1.29, 1.82) is 0 Å². The molecule has 4 rings (SSSR count). The number of nitrogens with one attached hydrogen (secondary N) is 1. The highest BCUT2D eigenvalue weighted by Gasteiger charge is 2.31. The zero-order chi connectivity index (χ0) is 22.9. The lowest BCUT2D eigenvalue weighted by Gasteiger charge is -2.12. The fourth-order valence-corrected chi connectivity index (χ4v) is 3.04. The molecule has 0 amide bonds. The summed E-state index contributed by atoms with van der Waals surface area (Å²) in [4.78, 5) is 8.56. The minimum atomic E-state index is -4.55. The van der Waals surface area contributed by atoms with E-state index in [-0.39, 0.29) is 22.7 Å². The summed E-state index contributed by atoms with van der Waals surface area (Å²) in [6.07, 6.45) is -5.98. The topological polar surface area (TPSA) is 41.7 Å². The molecule has 0 unspecified atom stereocenters. The predicted octanol–water partition coefficient (Wildman–Crippen LogP) is 6.35. The van der Waals surface area contributed by atoms with E-state index in [1.165, 1.54) is 30.5 Å².